The predicted molar refractivity (Wildman–Crippen MR) is 168 cm³/mol. The standard InChI is InChI=1S/C33H47FN6O4/c1-22(2)30(41)38(6)26-15-24(34)9-12-27(26)43-28-16-35-21-36-29(28)40-19-33(20-40)17-39(18-33)14-13-23-7-10-25(11-8-23)37-31(42)44-32(3,4)5/h9,12,15-16,21-23,25H,7-8,10-11,13-14,17-20H2,1-6H3,(H,37,42). The maximum atomic E-state index is 14.2. The van der Waals surface area contributed by atoms with E-state index < -0.39 is 11.4 Å². The zero-order valence-electron chi connectivity index (χ0n) is 26.9. The molecule has 1 aromatic heterocycles. The van der Waals surface area contributed by atoms with E-state index in [1.165, 1.54) is 35.8 Å². The zero-order chi connectivity index (χ0) is 31.6. The number of aromatic nitrogens is 2. The Morgan fingerprint density at radius 3 is 2.48 bits per heavy atom. The number of alkyl carbamates (subject to hydrolysis) is 1. The molecule has 3 fully saturated rings. The largest absolute Gasteiger partial charge is 0.450 e. The number of benzene rings is 1. The van der Waals surface area contributed by atoms with E-state index in [4.69, 9.17) is 9.47 Å². The molecule has 0 bridgehead atoms. The lowest BCUT2D eigenvalue weighted by molar-refractivity contribution is -0.121. The number of nitrogens with one attached hydrogen (secondary N) is 1. The van der Waals surface area contributed by atoms with E-state index in [9.17, 15) is 14.0 Å². The quantitative estimate of drug-likeness (QED) is 0.391. The van der Waals surface area contributed by atoms with Gasteiger partial charge < -0.3 is 29.5 Å². The van der Waals surface area contributed by atoms with Crippen LogP contribution < -0.4 is 19.9 Å². The minimum Gasteiger partial charge on any atom is -0.450 e. The minimum atomic E-state index is -0.473. The van der Waals surface area contributed by atoms with E-state index in [0.717, 1.165) is 58.4 Å². The van der Waals surface area contributed by atoms with Gasteiger partial charge in [0, 0.05) is 56.7 Å². The van der Waals surface area contributed by atoms with Crippen LogP contribution in [-0.4, -0.2) is 78.3 Å². The Morgan fingerprint density at radius 1 is 1.11 bits per heavy atom. The van der Waals surface area contributed by atoms with Crippen molar-refractivity contribution in [2.45, 2.75) is 78.4 Å². The lowest BCUT2D eigenvalue weighted by atomic mass is 9.72. The van der Waals surface area contributed by atoms with Crippen molar-refractivity contribution in [1.29, 1.82) is 0 Å². The van der Waals surface area contributed by atoms with Gasteiger partial charge in [-0.05, 0) is 77.5 Å². The number of halogens is 1. The maximum Gasteiger partial charge on any atom is 0.407 e. The molecule has 1 aromatic carbocycles. The number of anilines is 2. The molecule has 1 saturated carbocycles. The lowest BCUT2D eigenvalue weighted by Gasteiger charge is -2.61. The third kappa shape index (κ3) is 7.60. The number of nitrogens with zero attached hydrogens (tertiary/aromatic N) is 5. The van der Waals surface area contributed by atoms with Crippen molar-refractivity contribution in [1.82, 2.24) is 20.2 Å². The molecular weight excluding hydrogens is 563 g/mol. The third-order valence-corrected chi connectivity index (χ3v) is 8.88. The van der Waals surface area contributed by atoms with Crippen LogP contribution in [0.1, 0.15) is 66.7 Å². The smallest absolute Gasteiger partial charge is 0.407 e. The van der Waals surface area contributed by atoms with Gasteiger partial charge in [0.1, 0.15) is 17.7 Å². The van der Waals surface area contributed by atoms with E-state index in [1.807, 2.05) is 34.6 Å². The van der Waals surface area contributed by atoms with Gasteiger partial charge in [0.25, 0.3) is 0 Å². The van der Waals surface area contributed by atoms with E-state index in [-0.39, 0.29) is 29.4 Å². The summed E-state index contributed by atoms with van der Waals surface area (Å²) in [5.41, 5.74) is 0.155. The first kappa shape index (κ1) is 31.9. The second kappa shape index (κ2) is 12.9. The monoisotopic (exact) mass is 610 g/mol. The van der Waals surface area contributed by atoms with Gasteiger partial charge in [-0.3, -0.25) is 4.79 Å². The Hall–Kier alpha value is -3.47. The van der Waals surface area contributed by atoms with E-state index >= 15 is 0 Å². The van der Waals surface area contributed by atoms with Gasteiger partial charge in [-0.1, -0.05) is 13.8 Å². The Bertz CT molecular complexity index is 1330. The molecule has 1 aliphatic carbocycles. The first-order chi connectivity index (χ1) is 20.8. The highest BCUT2D eigenvalue weighted by atomic mass is 19.1. The van der Waals surface area contributed by atoms with Gasteiger partial charge >= 0.3 is 6.09 Å². The molecule has 0 unspecified atom stereocenters. The van der Waals surface area contributed by atoms with Crippen molar-refractivity contribution < 1.29 is 23.5 Å². The van der Waals surface area contributed by atoms with Crippen LogP contribution in [0.25, 0.3) is 0 Å². The fourth-order valence-corrected chi connectivity index (χ4v) is 6.69. The molecule has 2 aromatic rings. The number of hydrogen-bond donors (Lipinski definition) is 1. The number of carbonyl (C=O) groups is 2. The van der Waals surface area contributed by atoms with Gasteiger partial charge in [0.05, 0.1) is 11.9 Å². The van der Waals surface area contributed by atoms with Crippen molar-refractivity contribution in [2.75, 3.05) is 49.6 Å². The second-order valence-corrected chi connectivity index (χ2v) is 14.2. The zero-order valence-corrected chi connectivity index (χ0v) is 26.9. The molecule has 1 N–H and O–H groups in total. The third-order valence-electron chi connectivity index (χ3n) is 8.88. The van der Waals surface area contributed by atoms with Gasteiger partial charge in [0.2, 0.25) is 5.91 Å². The average molecular weight is 611 g/mol. The fourth-order valence-electron chi connectivity index (χ4n) is 6.69. The predicted octanol–water partition coefficient (Wildman–Crippen LogP) is 5.62. The van der Waals surface area contributed by atoms with Crippen LogP contribution in [0.4, 0.5) is 20.7 Å². The molecule has 240 valence electrons. The summed E-state index contributed by atoms with van der Waals surface area (Å²) >= 11 is 0. The molecule has 44 heavy (non-hydrogen) atoms. The summed E-state index contributed by atoms with van der Waals surface area (Å²) in [6.07, 6.45) is 8.31. The lowest BCUT2D eigenvalue weighted by Crippen LogP contribution is -2.72. The number of hydrogen-bond acceptors (Lipinski definition) is 8. The van der Waals surface area contributed by atoms with Crippen LogP contribution >= 0.6 is 0 Å². The second-order valence-electron chi connectivity index (χ2n) is 14.2. The summed E-state index contributed by atoms with van der Waals surface area (Å²) in [6, 6.07) is 4.39. The normalized spacial score (nSPS) is 21.4. The van der Waals surface area contributed by atoms with E-state index in [0.29, 0.717) is 28.9 Å². The molecule has 2 amide bonds. The first-order valence-electron chi connectivity index (χ1n) is 15.8. The summed E-state index contributed by atoms with van der Waals surface area (Å²) < 4.78 is 25.8. The van der Waals surface area contributed by atoms with Crippen molar-refractivity contribution in [2.24, 2.45) is 17.3 Å². The average Bonchev–Trinajstić information content (AvgIpc) is 2.92. The van der Waals surface area contributed by atoms with Crippen LogP contribution in [0.15, 0.2) is 30.7 Å². The SMILES string of the molecule is CC(C)C(=O)N(C)c1cc(F)ccc1Oc1cncnc1N1CC2(CN(CCC3CCC(NC(=O)OC(C)(C)C)CC3)C2)C1. The highest BCUT2D eigenvalue weighted by molar-refractivity contribution is 5.95. The van der Waals surface area contributed by atoms with Crippen LogP contribution in [0.3, 0.4) is 0 Å². The summed E-state index contributed by atoms with van der Waals surface area (Å²) in [5, 5.41) is 3.04. The Kier molecular flexibility index (Phi) is 9.34. The highest BCUT2D eigenvalue weighted by Crippen LogP contribution is 2.45. The highest BCUT2D eigenvalue weighted by Gasteiger charge is 2.52. The number of amides is 2. The molecule has 0 atom stereocenters. The molecule has 3 heterocycles. The van der Waals surface area contributed by atoms with Crippen molar-refractivity contribution in [3.8, 4) is 11.5 Å². The van der Waals surface area contributed by atoms with Crippen molar-refractivity contribution >= 4 is 23.5 Å². The molecule has 11 heteroatoms. The Labute approximate surface area is 260 Å². The molecular formula is C33H47FN6O4. The van der Waals surface area contributed by atoms with Crippen LogP contribution in [0.2, 0.25) is 0 Å². The summed E-state index contributed by atoms with van der Waals surface area (Å²) in [4.78, 5) is 39.6. The summed E-state index contributed by atoms with van der Waals surface area (Å²) in [7, 11) is 1.63. The van der Waals surface area contributed by atoms with Gasteiger partial charge in [-0.2, -0.15) is 0 Å². The topological polar surface area (TPSA) is 100 Å². The number of carbonyl (C=O) groups excluding carboxylic acids is 2. The van der Waals surface area contributed by atoms with E-state index in [1.54, 1.807) is 13.2 Å². The minimum absolute atomic E-state index is 0.132. The van der Waals surface area contributed by atoms with E-state index in [2.05, 4.69) is 25.1 Å². The van der Waals surface area contributed by atoms with Gasteiger partial charge in [-0.25, -0.2) is 19.2 Å². The molecule has 3 aliphatic rings. The van der Waals surface area contributed by atoms with Crippen LogP contribution in [0.5, 0.6) is 11.5 Å². The molecule has 0 radical (unpaired) electrons. The molecule has 2 aliphatic heterocycles. The van der Waals surface area contributed by atoms with Gasteiger partial charge in [-0.15, -0.1) is 0 Å². The van der Waals surface area contributed by atoms with Crippen molar-refractivity contribution in [3.63, 3.8) is 0 Å². The molecule has 5 rings (SSSR count). The van der Waals surface area contributed by atoms with Crippen molar-refractivity contribution in [3.05, 3.63) is 36.5 Å². The Balaban J connectivity index is 1.08. The number of likely N-dealkylation sites (tertiary alicyclic amines) is 1. The van der Waals surface area contributed by atoms with Crippen LogP contribution in [0, 0.1) is 23.1 Å². The van der Waals surface area contributed by atoms with Gasteiger partial charge in [0.15, 0.2) is 17.3 Å². The fraction of sp³-hybridized carbons (Fsp3) is 0.636. The molecule has 1 spiro atoms. The number of rotatable bonds is 9. The Morgan fingerprint density at radius 2 is 1.82 bits per heavy atom. The van der Waals surface area contributed by atoms with Crippen LogP contribution in [-0.2, 0) is 9.53 Å². The summed E-state index contributed by atoms with van der Waals surface area (Å²) in [5.74, 6) is 1.44. The number of ether oxygens (including phenoxy) is 2. The molecule has 10 nitrogen and oxygen atoms in total. The summed E-state index contributed by atoms with van der Waals surface area (Å²) in [6.45, 7) is 14.3. The first-order valence-corrected chi connectivity index (χ1v) is 15.8. The molecule has 2 saturated heterocycles. The maximum absolute atomic E-state index is 14.2.